The van der Waals surface area contributed by atoms with Gasteiger partial charge in [-0.3, -0.25) is 4.90 Å². The molecule has 20 heavy (non-hydrogen) atoms. The van der Waals surface area contributed by atoms with Crippen LogP contribution >= 0.6 is 0 Å². The summed E-state index contributed by atoms with van der Waals surface area (Å²) in [6.45, 7) is 6.40. The number of rotatable bonds is 6. The van der Waals surface area contributed by atoms with Crippen LogP contribution in [0.4, 0.5) is 0 Å². The summed E-state index contributed by atoms with van der Waals surface area (Å²) in [7, 11) is 1.68. The SMILES string of the molecule is C=CCO[C@@H]1[C@H]2CC[C@H]1N(Cc1cccnc1OC)C2. The molecule has 0 radical (unpaired) electrons. The fraction of sp³-hybridized carbons (Fsp3) is 0.562. The van der Waals surface area contributed by atoms with Crippen LogP contribution < -0.4 is 4.74 Å². The number of nitrogens with zero attached hydrogens (tertiary/aromatic N) is 2. The van der Waals surface area contributed by atoms with E-state index < -0.39 is 0 Å². The van der Waals surface area contributed by atoms with Crippen molar-refractivity contribution in [3.8, 4) is 5.88 Å². The molecule has 3 rings (SSSR count). The molecule has 2 bridgehead atoms. The van der Waals surface area contributed by atoms with Crippen molar-refractivity contribution in [2.75, 3.05) is 20.3 Å². The van der Waals surface area contributed by atoms with E-state index in [0.717, 1.165) is 24.5 Å². The summed E-state index contributed by atoms with van der Waals surface area (Å²) in [4.78, 5) is 6.79. The Morgan fingerprint density at radius 3 is 3.20 bits per heavy atom. The van der Waals surface area contributed by atoms with Gasteiger partial charge in [-0.05, 0) is 24.8 Å². The molecule has 2 aliphatic rings. The molecule has 1 aromatic heterocycles. The van der Waals surface area contributed by atoms with Crippen molar-refractivity contribution in [3.05, 3.63) is 36.5 Å². The summed E-state index contributed by atoms with van der Waals surface area (Å²) >= 11 is 0. The van der Waals surface area contributed by atoms with Gasteiger partial charge in [0.2, 0.25) is 5.88 Å². The molecule has 1 aliphatic heterocycles. The van der Waals surface area contributed by atoms with Crippen molar-refractivity contribution in [2.24, 2.45) is 5.92 Å². The molecule has 0 aromatic carbocycles. The van der Waals surface area contributed by atoms with Crippen molar-refractivity contribution in [1.29, 1.82) is 0 Å². The Bertz CT molecular complexity index is 477. The van der Waals surface area contributed by atoms with Gasteiger partial charge >= 0.3 is 0 Å². The molecular weight excluding hydrogens is 252 g/mol. The quantitative estimate of drug-likeness (QED) is 0.745. The largest absolute Gasteiger partial charge is 0.481 e. The highest BCUT2D eigenvalue weighted by atomic mass is 16.5. The zero-order chi connectivity index (χ0) is 13.9. The summed E-state index contributed by atoms with van der Waals surface area (Å²) in [6.07, 6.45) is 6.50. The van der Waals surface area contributed by atoms with Crippen molar-refractivity contribution in [2.45, 2.75) is 31.5 Å². The minimum Gasteiger partial charge on any atom is -0.481 e. The third kappa shape index (κ3) is 2.45. The average molecular weight is 274 g/mol. The predicted molar refractivity (Wildman–Crippen MR) is 77.6 cm³/mol. The van der Waals surface area contributed by atoms with Gasteiger partial charge in [0.1, 0.15) is 0 Å². The Labute approximate surface area is 120 Å². The highest BCUT2D eigenvalue weighted by Gasteiger charge is 2.47. The Hall–Kier alpha value is -1.39. The maximum atomic E-state index is 5.96. The molecule has 0 N–H and O–H groups in total. The Morgan fingerprint density at radius 1 is 1.50 bits per heavy atom. The first-order chi connectivity index (χ1) is 9.83. The molecule has 4 nitrogen and oxygen atoms in total. The number of ether oxygens (including phenoxy) is 2. The van der Waals surface area contributed by atoms with E-state index in [2.05, 4.69) is 22.5 Å². The van der Waals surface area contributed by atoms with E-state index in [1.807, 2.05) is 12.1 Å². The van der Waals surface area contributed by atoms with Gasteiger partial charge in [-0.2, -0.15) is 0 Å². The number of methoxy groups -OCH3 is 1. The van der Waals surface area contributed by atoms with Crippen LogP contribution in [0.15, 0.2) is 31.0 Å². The van der Waals surface area contributed by atoms with E-state index in [4.69, 9.17) is 9.47 Å². The van der Waals surface area contributed by atoms with Crippen LogP contribution in [0.1, 0.15) is 18.4 Å². The monoisotopic (exact) mass is 274 g/mol. The van der Waals surface area contributed by atoms with Gasteiger partial charge in [0.15, 0.2) is 0 Å². The second-order valence-corrected chi connectivity index (χ2v) is 5.59. The van der Waals surface area contributed by atoms with Gasteiger partial charge in [0.25, 0.3) is 0 Å². The topological polar surface area (TPSA) is 34.6 Å². The first-order valence-electron chi connectivity index (χ1n) is 7.28. The maximum absolute atomic E-state index is 5.96. The van der Waals surface area contributed by atoms with Crippen molar-refractivity contribution in [1.82, 2.24) is 9.88 Å². The molecule has 2 fully saturated rings. The number of hydrogen-bond acceptors (Lipinski definition) is 4. The second-order valence-electron chi connectivity index (χ2n) is 5.59. The number of aromatic nitrogens is 1. The number of hydrogen-bond donors (Lipinski definition) is 0. The molecule has 1 aliphatic carbocycles. The molecule has 1 aromatic rings. The number of pyridine rings is 1. The van der Waals surface area contributed by atoms with E-state index in [9.17, 15) is 0 Å². The van der Waals surface area contributed by atoms with E-state index in [1.54, 1.807) is 13.3 Å². The molecule has 108 valence electrons. The minimum atomic E-state index is 0.371. The van der Waals surface area contributed by atoms with E-state index >= 15 is 0 Å². The lowest BCUT2D eigenvalue weighted by Gasteiger charge is -2.27. The maximum Gasteiger partial charge on any atom is 0.217 e. The van der Waals surface area contributed by atoms with E-state index in [-0.39, 0.29) is 0 Å². The summed E-state index contributed by atoms with van der Waals surface area (Å²) in [5, 5.41) is 0. The molecule has 0 unspecified atom stereocenters. The molecule has 2 heterocycles. The Kier molecular flexibility index (Phi) is 4.03. The fourth-order valence-corrected chi connectivity index (χ4v) is 3.60. The molecule has 4 heteroatoms. The summed E-state index contributed by atoms with van der Waals surface area (Å²) in [6, 6.07) is 4.60. The standard InChI is InChI=1S/C16H22N2O2/c1-3-9-20-15-12-6-7-14(15)18(10-12)11-13-5-4-8-17-16(13)19-2/h3-5,8,12,14-15H,1,6-7,9-11H2,2H3/t12-,14+,15+/m0/s1. The van der Waals surface area contributed by atoms with Crippen molar-refractivity contribution in [3.63, 3.8) is 0 Å². The summed E-state index contributed by atoms with van der Waals surface area (Å²) < 4.78 is 11.3. The second kappa shape index (κ2) is 5.94. The number of fused-ring (bicyclic) bond motifs is 2. The zero-order valence-electron chi connectivity index (χ0n) is 12.0. The lowest BCUT2D eigenvalue weighted by molar-refractivity contribution is 0.0445. The zero-order valence-corrected chi connectivity index (χ0v) is 12.0. The van der Waals surface area contributed by atoms with Gasteiger partial charge in [0.05, 0.1) is 19.8 Å². The number of piperidine rings is 1. The lowest BCUT2D eigenvalue weighted by Crippen LogP contribution is -2.34. The molecule has 1 saturated carbocycles. The first-order valence-corrected chi connectivity index (χ1v) is 7.28. The van der Waals surface area contributed by atoms with Crippen LogP contribution in [0, 0.1) is 5.92 Å². The molecule has 1 saturated heterocycles. The van der Waals surface area contributed by atoms with Gasteiger partial charge in [-0.25, -0.2) is 4.98 Å². The molecule has 0 amide bonds. The highest BCUT2D eigenvalue weighted by Crippen LogP contribution is 2.40. The van der Waals surface area contributed by atoms with Gasteiger partial charge in [-0.1, -0.05) is 12.1 Å². The third-order valence-corrected chi connectivity index (χ3v) is 4.44. The van der Waals surface area contributed by atoms with Crippen LogP contribution in [0.3, 0.4) is 0 Å². The third-order valence-electron chi connectivity index (χ3n) is 4.44. The molecular formula is C16H22N2O2. The fourth-order valence-electron chi connectivity index (χ4n) is 3.60. The number of likely N-dealkylation sites (tertiary alicyclic amines) is 1. The van der Waals surface area contributed by atoms with Gasteiger partial charge in [-0.15, -0.1) is 6.58 Å². The van der Waals surface area contributed by atoms with E-state index in [0.29, 0.717) is 24.7 Å². The van der Waals surface area contributed by atoms with Crippen molar-refractivity contribution >= 4 is 0 Å². The highest BCUT2D eigenvalue weighted by molar-refractivity contribution is 5.25. The summed E-state index contributed by atoms with van der Waals surface area (Å²) in [5.74, 6) is 1.40. The normalized spacial score (nSPS) is 28.8. The Morgan fingerprint density at radius 2 is 2.40 bits per heavy atom. The average Bonchev–Trinajstić information content (AvgIpc) is 3.02. The van der Waals surface area contributed by atoms with Crippen LogP contribution in [0.2, 0.25) is 0 Å². The predicted octanol–water partition coefficient (Wildman–Crippen LogP) is 2.26. The van der Waals surface area contributed by atoms with Crippen LogP contribution in [-0.2, 0) is 11.3 Å². The van der Waals surface area contributed by atoms with E-state index in [1.165, 1.54) is 12.8 Å². The van der Waals surface area contributed by atoms with Gasteiger partial charge < -0.3 is 9.47 Å². The Balaban J connectivity index is 1.69. The first kappa shape index (κ1) is 13.6. The molecule has 0 spiro atoms. The van der Waals surface area contributed by atoms with Crippen LogP contribution in [-0.4, -0.2) is 42.3 Å². The minimum absolute atomic E-state index is 0.371. The smallest absolute Gasteiger partial charge is 0.217 e. The van der Waals surface area contributed by atoms with Crippen molar-refractivity contribution < 1.29 is 9.47 Å². The molecule has 3 atom stereocenters. The van der Waals surface area contributed by atoms with Crippen LogP contribution in [0.5, 0.6) is 5.88 Å². The van der Waals surface area contributed by atoms with Crippen LogP contribution in [0.25, 0.3) is 0 Å². The van der Waals surface area contributed by atoms with Gasteiger partial charge in [0, 0.05) is 30.9 Å². The summed E-state index contributed by atoms with van der Waals surface area (Å²) in [5.41, 5.74) is 1.16. The lowest BCUT2D eigenvalue weighted by atomic mass is 10.1.